The van der Waals surface area contributed by atoms with E-state index in [-0.39, 0.29) is 0 Å². The first-order valence-corrected chi connectivity index (χ1v) is 25.8. The Balaban J connectivity index is 0.000000153. The summed E-state index contributed by atoms with van der Waals surface area (Å²) in [6, 6.07) is 116. The number of anilines is 9. The van der Waals surface area contributed by atoms with Gasteiger partial charge in [-0.15, -0.1) is 0 Å². The van der Waals surface area contributed by atoms with Gasteiger partial charge in [0.2, 0.25) is 0 Å². The van der Waals surface area contributed by atoms with Crippen molar-refractivity contribution in [1.29, 1.82) is 0 Å². The molecule has 0 aliphatic rings. The molecule has 13 aromatic rings. The number of para-hydroxylation sites is 8. The average Bonchev–Trinajstić information content (AvgIpc) is 3.87. The SMILES string of the molecule is c1ccc(N(c2ccccc2)c2ccc(-c3ccc(-n4c5ccccc5c5ccccc54)cc3)cc2)cc1.c1ccc(N(c2ccccc2)c2ccc(-c3ccc(N(c4ccccc4)c4ccccc4)cc3)cc2)cc1. The fourth-order valence-corrected chi connectivity index (χ4v) is 10.2. The molecule has 0 N–H and O–H groups in total. The van der Waals surface area contributed by atoms with E-state index >= 15 is 0 Å². The summed E-state index contributed by atoms with van der Waals surface area (Å²) in [5.41, 5.74) is 18.6. The molecule has 4 nitrogen and oxygen atoms in total. The number of rotatable bonds is 12. The van der Waals surface area contributed by atoms with Crippen LogP contribution in [-0.4, -0.2) is 4.57 Å². The zero-order chi connectivity index (χ0) is 50.9. The number of nitrogens with zero attached hydrogens (tertiary/aromatic N) is 4. The molecule has 0 unspecified atom stereocenters. The fraction of sp³-hybridized carbons (Fsp3) is 0. The second-order valence-corrected chi connectivity index (χ2v) is 18.6. The molecule has 13 rings (SSSR count). The predicted molar refractivity (Wildman–Crippen MR) is 322 cm³/mol. The van der Waals surface area contributed by atoms with Gasteiger partial charge < -0.3 is 19.3 Å². The van der Waals surface area contributed by atoms with Gasteiger partial charge in [0.15, 0.2) is 0 Å². The summed E-state index contributed by atoms with van der Waals surface area (Å²) in [7, 11) is 0. The normalized spacial score (nSPS) is 10.9. The maximum atomic E-state index is 2.36. The van der Waals surface area contributed by atoms with Gasteiger partial charge in [-0.1, -0.05) is 194 Å². The molecular weight excluding hydrogens is 921 g/mol. The van der Waals surface area contributed by atoms with Crippen molar-refractivity contribution in [2.24, 2.45) is 0 Å². The molecular formula is C72H54N4. The molecule has 0 aliphatic carbocycles. The molecule has 362 valence electrons. The van der Waals surface area contributed by atoms with Gasteiger partial charge in [-0.3, -0.25) is 0 Å². The Kier molecular flexibility index (Phi) is 13.5. The number of aromatic nitrogens is 1. The molecule has 0 amide bonds. The summed E-state index contributed by atoms with van der Waals surface area (Å²) < 4.78 is 2.36. The van der Waals surface area contributed by atoms with Gasteiger partial charge >= 0.3 is 0 Å². The first-order valence-electron chi connectivity index (χ1n) is 25.8. The Morgan fingerprint density at radius 1 is 0.171 bits per heavy atom. The monoisotopic (exact) mass is 974 g/mol. The molecule has 1 heterocycles. The summed E-state index contributed by atoms with van der Waals surface area (Å²) in [6.45, 7) is 0. The first kappa shape index (κ1) is 46.9. The van der Waals surface area contributed by atoms with E-state index in [1.807, 2.05) is 0 Å². The maximum Gasteiger partial charge on any atom is 0.0541 e. The van der Waals surface area contributed by atoms with Crippen molar-refractivity contribution in [2.75, 3.05) is 14.7 Å². The van der Waals surface area contributed by atoms with Gasteiger partial charge in [-0.25, -0.2) is 0 Å². The standard InChI is InChI=1S/C36H26N2.C36H28N2/c1-3-11-29(12-4-1)37(30-13-5-2-6-14-30)31-23-19-27(20-24-31)28-21-25-32(26-22-28)38-35-17-9-7-15-33(35)34-16-8-10-18-36(34)38;1-5-13-31(14-6-1)37(32-15-7-2-8-16-32)35-25-21-29(22-26-35)30-23-27-36(28-24-30)38(33-17-9-3-10-18-33)34-19-11-4-12-20-34/h1-26H;1-28H. The smallest absolute Gasteiger partial charge is 0.0541 e. The van der Waals surface area contributed by atoms with Crippen LogP contribution in [0.25, 0.3) is 49.7 Å². The van der Waals surface area contributed by atoms with Gasteiger partial charge in [0.1, 0.15) is 0 Å². The molecule has 0 aliphatic heterocycles. The van der Waals surface area contributed by atoms with Crippen molar-refractivity contribution in [3.05, 3.63) is 328 Å². The van der Waals surface area contributed by atoms with Gasteiger partial charge in [-0.05, 0) is 156 Å². The van der Waals surface area contributed by atoms with Gasteiger partial charge in [0, 0.05) is 67.6 Å². The van der Waals surface area contributed by atoms with E-state index < -0.39 is 0 Å². The van der Waals surface area contributed by atoms with Crippen LogP contribution in [0.5, 0.6) is 0 Å². The van der Waals surface area contributed by atoms with Crippen LogP contribution in [-0.2, 0) is 0 Å². The highest BCUT2D eigenvalue weighted by Crippen LogP contribution is 2.40. The van der Waals surface area contributed by atoms with Crippen LogP contribution in [0, 0.1) is 0 Å². The molecule has 0 spiro atoms. The minimum absolute atomic E-state index is 1.13. The topological polar surface area (TPSA) is 14.7 Å². The van der Waals surface area contributed by atoms with Crippen LogP contribution in [0.3, 0.4) is 0 Å². The quantitative estimate of drug-likeness (QED) is 0.121. The molecule has 76 heavy (non-hydrogen) atoms. The number of fused-ring (bicyclic) bond motifs is 3. The third kappa shape index (κ3) is 9.87. The van der Waals surface area contributed by atoms with Crippen molar-refractivity contribution in [2.45, 2.75) is 0 Å². The summed E-state index contributed by atoms with van der Waals surface area (Å²) in [5.74, 6) is 0. The van der Waals surface area contributed by atoms with Crippen LogP contribution in [0.15, 0.2) is 328 Å². The summed E-state index contributed by atoms with van der Waals surface area (Å²) in [4.78, 5) is 6.85. The zero-order valence-electron chi connectivity index (χ0n) is 42.0. The van der Waals surface area contributed by atoms with Crippen LogP contribution in [0.2, 0.25) is 0 Å². The highest BCUT2D eigenvalue weighted by molar-refractivity contribution is 6.09. The molecule has 0 saturated heterocycles. The minimum Gasteiger partial charge on any atom is -0.311 e. The second-order valence-electron chi connectivity index (χ2n) is 18.6. The number of hydrogen-bond donors (Lipinski definition) is 0. The maximum absolute atomic E-state index is 2.36. The van der Waals surface area contributed by atoms with E-state index in [0.29, 0.717) is 0 Å². The van der Waals surface area contributed by atoms with E-state index in [4.69, 9.17) is 0 Å². The first-order chi connectivity index (χ1) is 37.7. The Labute approximate surface area is 445 Å². The third-order valence-electron chi connectivity index (χ3n) is 13.8. The minimum atomic E-state index is 1.13. The molecule has 0 fully saturated rings. The Morgan fingerprint density at radius 3 is 0.618 bits per heavy atom. The van der Waals surface area contributed by atoms with E-state index in [0.717, 1.165) is 51.2 Å². The molecule has 0 bridgehead atoms. The third-order valence-corrected chi connectivity index (χ3v) is 13.8. The van der Waals surface area contributed by atoms with E-state index in [1.165, 1.54) is 49.7 Å². The van der Waals surface area contributed by atoms with Crippen molar-refractivity contribution >= 4 is 73.0 Å². The van der Waals surface area contributed by atoms with Crippen LogP contribution in [0.1, 0.15) is 0 Å². The fourth-order valence-electron chi connectivity index (χ4n) is 10.2. The molecule has 0 saturated carbocycles. The van der Waals surface area contributed by atoms with Gasteiger partial charge in [0.05, 0.1) is 11.0 Å². The molecule has 0 atom stereocenters. The van der Waals surface area contributed by atoms with E-state index in [2.05, 4.69) is 347 Å². The molecule has 1 aromatic heterocycles. The van der Waals surface area contributed by atoms with Gasteiger partial charge in [0.25, 0.3) is 0 Å². The number of benzene rings is 12. The molecule has 4 heteroatoms. The Morgan fingerprint density at radius 2 is 0.368 bits per heavy atom. The lowest BCUT2D eigenvalue weighted by atomic mass is 10.0. The van der Waals surface area contributed by atoms with E-state index in [9.17, 15) is 0 Å². The zero-order valence-corrected chi connectivity index (χ0v) is 42.0. The number of hydrogen-bond acceptors (Lipinski definition) is 3. The predicted octanol–water partition coefficient (Wildman–Crippen LogP) is 20.2. The summed E-state index contributed by atoms with van der Waals surface area (Å²) in [5, 5.41) is 2.56. The highest BCUT2D eigenvalue weighted by Gasteiger charge is 2.16. The van der Waals surface area contributed by atoms with E-state index in [1.54, 1.807) is 0 Å². The largest absolute Gasteiger partial charge is 0.311 e. The van der Waals surface area contributed by atoms with Gasteiger partial charge in [-0.2, -0.15) is 0 Å². The average molecular weight is 975 g/mol. The van der Waals surface area contributed by atoms with Crippen molar-refractivity contribution in [3.8, 4) is 27.9 Å². The molecule has 12 aromatic carbocycles. The van der Waals surface area contributed by atoms with Crippen molar-refractivity contribution < 1.29 is 0 Å². The lowest BCUT2D eigenvalue weighted by Crippen LogP contribution is -2.09. The Bertz CT molecular complexity index is 3630. The summed E-state index contributed by atoms with van der Waals surface area (Å²) >= 11 is 0. The second kappa shape index (κ2) is 21.9. The lowest BCUT2D eigenvalue weighted by molar-refractivity contribution is 1.18. The van der Waals surface area contributed by atoms with Crippen molar-refractivity contribution in [3.63, 3.8) is 0 Å². The van der Waals surface area contributed by atoms with Crippen LogP contribution >= 0.6 is 0 Å². The summed E-state index contributed by atoms with van der Waals surface area (Å²) in [6.07, 6.45) is 0. The Hall–Kier alpha value is -10.2. The molecule has 0 radical (unpaired) electrons. The highest BCUT2D eigenvalue weighted by atomic mass is 15.2. The van der Waals surface area contributed by atoms with Crippen LogP contribution < -0.4 is 14.7 Å². The van der Waals surface area contributed by atoms with Crippen LogP contribution in [0.4, 0.5) is 51.2 Å². The lowest BCUT2D eigenvalue weighted by Gasteiger charge is -2.26. The van der Waals surface area contributed by atoms with Crippen molar-refractivity contribution in [1.82, 2.24) is 4.57 Å².